The normalized spacial score (nSPS) is 18.5. The Hall–Kier alpha value is -1.45. The number of Topliss-reactive ketones (excluding diaryl/α,β-unsaturated/α-hetero) is 1. The van der Waals surface area contributed by atoms with Crippen LogP contribution in [0.1, 0.15) is 36.3 Å². The summed E-state index contributed by atoms with van der Waals surface area (Å²) in [6, 6.07) is 0.333. The van der Waals surface area contributed by atoms with Crippen LogP contribution in [0.15, 0.2) is 6.20 Å². The van der Waals surface area contributed by atoms with Gasteiger partial charge in [-0.25, -0.2) is 4.98 Å². The van der Waals surface area contributed by atoms with Gasteiger partial charge in [-0.1, -0.05) is 13.8 Å². The Balaban J connectivity index is 2.46. The molecule has 0 saturated heterocycles. The highest BCUT2D eigenvalue weighted by Gasteiger charge is 2.32. The van der Waals surface area contributed by atoms with Crippen molar-refractivity contribution in [2.75, 3.05) is 7.11 Å². The minimum Gasteiger partial charge on any atom is -0.467 e. The van der Waals surface area contributed by atoms with Crippen LogP contribution in [0.5, 0.6) is 6.01 Å². The Morgan fingerprint density at radius 2 is 2.13 bits per heavy atom. The summed E-state index contributed by atoms with van der Waals surface area (Å²) in [5, 5.41) is 0. The minimum absolute atomic E-state index is 0.0105. The van der Waals surface area contributed by atoms with Crippen LogP contribution in [-0.2, 0) is 6.42 Å². The van der Waals surface area contributed by atoms with Crippen LogP contribution in [0.2, 0.25) is 0 Å². The van der Waals surface area contributed by atoms with E-state index in [1.807, 2.05) is 0 Å². The van der Waals surface area contributed by atoms with Crippen molar-refractivity contribution in [1.82, 2.24) is 9.97 Å². The van der Waals surface area contributed by atoms with Gasteiger partial charge in [-0.3, -0.25) is 4.79 Å². The van der Waals surface area contributed by atoms with Gasteiger partial charge in [0.25, 0.3) is 0 Å². The fourth-order valence-electron chi connectivity index (χ4n) is 1.91. The SMILES string of the molecule is COc1ncc2c(n1)CC(C)(C)CC2=O. The third-order valence-corrected chi connectivity index (χ3v) is 2.61. The molecule has 1 aromatic rings. The monoisotopic (exact) mass is 206 g/mol. The second-order valence-corrected chi connectivity index (χ2v) is 4.66. The number of ketones is 1. The number of hydrogen-bond acceptors (Lipinski definition) is 4. The molecule has 2 rings (SSSR count). The molecule has 0 N–H and O–H groups in total. The molecule has 0 saturated carbocycles. The Morgan fingerprint density at radius 1 is 1.40 bits per heavy atom. The molecular weight excluding hydrogens is 192 g/mol. The average Bonchev–Trinajstić information content (AvgIpc) is 2.14. The van der Waals surface area contributed by atoms with E-state index in [4.69, 9.17) is 4.74 Å². The molecule has 1 heterocycles. The van der Waals surface area contributed by atoms with Crippen LogP contribution in [0.4, 0.5) is 0 Å². The van der Waals surface area contributed by atoms with E-state index in [1.165, 1.54) is 7.11 Å². The van der Waals surface area contributed by atoms with Gasteiger partial charge in [0.1, 0.15) is 0 Å². The lowest BCUT2D eigenvalue weighted by Crippen LogP contribution is -2.28. The average molecular weight is 206 g/mol. The fourth-order valence-corrected chi connectivity index (χ4v) is 1.91. The highest BCUT2D eigenvalue weighted by atomic mass is 16.5. The molecule has 15 heavy (non-hydrogen) atoms. The molecule has 0 atom stereocenters. The quantitative estimate of drug-likeness (QED) is 0.701. The van der Waals surface area contributed by atoms with Crippen LogP contribution in [-0.4, -0.2) is 22.9 Å². The summed E-state index contributed by atoms with van der Waals surface area (Å²) in [4.78, 5) is 20.0. The Bertz CT molecular complexity index is 413. The number of hydrogen-bond donors (Lipinski definition) is 0. The molecule has 0 unspecified atom stereocenters. The summed E-state index contributed by atoms with van der Waals surface area (Å²) in [7, 11) is 1.53. The molecule has 0 aliphatic heterocycles. The van der Waals surface area contributed by atoms with Gasteiger partial charge in [0.2, 0.25) is 0 Å². The van der Waals surface area contributed by atoms with Crippen LogP contribution in [0.3, 0.4) is 0 Å². The third-order valence-electron chi connectivity index (χ3n) is 2.61. The zero-order chi connectivity index (χ0) is 11.1. The molecule has 0 spiro atoms. The van der Waals surface area contributed by atoms with Crippen molar-refractivity contribution in [3.8, 4) is 6.01 Å². The third kappa shape index (κ3) is 1.84. The van der Waals surface area contributed by atoms with E-state index >= 15 is 0 Å². The van der Waals surface area contributed by atoms with E-state index in [2.05, 4.69) is 23.8 Å². The zero-order valence-corrected chi connectivity index (χ0v) is 9.20. The lowest BCUT2D eigenvalue weighted by atomic mass is 9.76. The number of carbonyl (C=O) groups excluding carboxylic acids is 1. The van der Waals surface area contributed by atoms with Crippen molar-refractivity contribution in [1.29, 1.82) is 0 Å². The smallest absolute Gasteiger partial charge is 0.316 e. The number of methoxy groups -OCH3 is 1. The van der Waals surface area contributed by atoms with Crippen LogP contribution < -0.4 is 4.74 Å². The van der Waals surface area contributed by atoms with Crippen molar-refractivity contribution < 1.29 is 9.53 Å². The van der Waals surface area contributed by atoms with Crippen LogP contribution in [0, 0.1) is 5.41 Å². The topological polar surface area (TPSA) is 52.1 Å². The molecule has 4 nitrogen and oxygen atoms in total. The lowest BCUT2D eigenvalue weighted by molar-refractivity contribution is 0.0909. The summed E-state index contributed by atoms with van der Waals surface area (Å²) in [5.74, 6) is 0.129. The summed E-state index contributed by atoms with van der Waals surface area (Å²) >= 11 is 0. The largest absolute Gasteiger partial charge is 0.467 e. The van der Waals surface area contributed by atoms with Crippen LogP contribution in [0.25, 0.3) is 0 Å². The maximum atomic E-state index is 11.8. The van der Waals surface area contributed by atoms with E-state index in [1.54, 1.807) is 6.20 Å². The van der Waals surface area contributed by atoms with Gasteiger partial charge < -0.3 is 4.74 Å². The van der Waals surface area contributed by atoms with E-state index in [0.717, 1.165) is 12.1 Å². The first-order chi connectivity index (χ1) is 7.02. The fraction of sp³-hybridized carbons (Fsp3) is 0.545. The van der Waals surface area contributed by atoms with Gasteiger partial charge in [0.15, 0.2) is 5.78 Å². The van der Waals surface area contributed by atoms with Crippen LogP contribution >= 0.6 is 0 Å². The van der Waals surface area contributed by atoms with Crippen molar-refractivity contribution in [2.45, 2.75) is 26.7 Å². The molecule has 0 bridgehead atoms. The first-order valence-corrected chi connectivity index (χ1v) is 4.95. The Kier molecular flexibility index (Phi) is 2.21. The molecule has 0 radical (unpaired) electrons. The van der Waals surface area contributed by atoms with Crippen molar-refractivity contribution in [3.05, 3.63) is 17.5 Å². The van der Waals surface area contributed by atoms with E-state index < -0.39 is 0 Å². The van der Waals surface area contributed by atoms with Gasteiger partial charge in [0, 0.05) is 12.6 Å². The first kappa shape index (κ1) is 10.1. The van der Waals surface area contributed by atoms with E-state index in [-0.39, 0.29) is 11.2 Å². The predicted octanol–water partition coefficient (Wildman–Crippen LogP) is 1.64. The maximum absolute atomic E-state index is 11.8. The molecule has 1 aromatic heterocycles. The van der Waals surface area contributed by atoms with Gasteiger partial charge in [-0.2, -0.15) is 4.98 Å². The highest BCUT2D eigenvalue weighted by Crippen LogP contribution is 2.33. The highest BCUT2D eigenvalue weighted by molar-refractivity contribution is 5.98. The van der Waals surface area contributed by atoms with Gasteiger partial charge in [-0.15, -0.1) is 0 Å². The summed E-state index contributed by atoms with van der Waals surface area (Å²) in [6.45, 7) is 4.14. The van der Waals surface area contributed by atoms with Gasteiger partial charge in [0.05, 0.1) is 18.4 Å². The van der Waals surface area contributed by atoms with Gasteiger partial charge in [-0.05, 0) is 11.8 Å². The molecule has 1 aliphatic rings. The molecule has 1 aliphatic carbocycles. The van der Waals surface area contributed by atoms with Gasteiger partial charge >= 0.3 is 6.01 Å². The van der Waals surface area contributed by atoms with E-state index in [0.29, 0.717) is 18.0 Å². The number of fused-ring (bicyclic) bond motifs is 1. The first-order valence-electron chi connectivity index (χ1n) is 4.95. The Labute approximate surface area is 88.7 Å². The van der Waals surface area contributed by atoms with Crippen molar-refractivity contribution in [3.63, 3.8) is 0 Å². The molecule has 0 fully saturated rings. The molecule has 4 heteroatoms. The summed E-state index contributed by atoms with van der Waals surface area (Å²) in [6.07, 6.45) is 2.93. The number of aromatic nitrogens is 2. The second kappa shape index (κ2) is 3.29. The van der Waals surface area contributed by atoms with Crippen molar-refractivity contribution in [2.24, 2.45) is 5.41 Å². The number of rotatable bonds is 1. The molecule has 0 amide bonds. The maximum Gasteiger partial charge on any atom is 0.316 e. The minimum atomic E-state index is -0.0105. The number of nitrogens with zero attached hydrogens (tertiary/aromatic N) is 2. The standard InChI is InChI=1S/C11H14N2O2/c1-11(2)4-8-7(9(14)5-11)6-12-10(13-8)15-3/h6H,4-5H2,1-3H3. The van der Waals surface area contributed by atoms with Crippen molar-refractivity contribution >= 4 is 5.78 Å². The Morgan fingerprint density at radius 3 is 2.80 bits per heavy atom. The number of ether oxygens (including phenoxy) is 1. The zero-order valence-electron chi connectivity index (χ0n) is 9.20. The predicted molar refractivity (Wildman–Crippen MR) is 55.0 cm³/mol. The lowest BCUT2D eigenvalue weighted by Gasteiger charge is -2.28. The molecular formula is C11H14N2O2. The molecule has 80 valence electrons. The summed E-state index contributed by atoms with van der Waals surface area (Å²) < 4.78 is 4.95. The number of carbonyl (C=O) groups is 1. The van der Waals surface area contributed by atoms with E-state index in [9.17, 15) is 4.79 Å². The second-order valence-electron chi connectivity index (χ2n) is 4.66. The summed E-state index contributed by atoms with van der Waals surface area (Å²) in [5.41, 5.74) is 1.45. The molecule has 0 aromatic carbocycles.